The lowest BCUT2D eigenvalue weighted by Crippen LogP contribution is -1.95. The Hall–Kier alpha value is -2.75. The van der Waals surface area contributed by atoms with Gasteiger partial charge >= 0.3 is 0 Å². The summed E-state index contributed by atoms with van der Waals surface area (Å²) in [4.78, 5) is 22.0. The highest BCUT2D eigenvalue weighted by atomic mass is 16.6. The molecule has 0 radical (unpaired) electrons. The van der Waals surface area contributed by atoms with Gasteiger partial charge in [-0.15, -0.1) is 0 Å². The molecule has 2 aromatic carbocycles. The Balaban J connectivity index is 2.16. The van der Waals surface area contributed by atoms with Gasteiger partial charge in [-0.1, -0.05) is 30.3 Å². The van der Waals surface area contributed by atoms with Gasteiger partial charge in [-0.3, -0.25) is 14.9 Å². The van der Waals surface area contributed by atoms with Crippen LogP contribution in [-0.4, -0.2) is 10.7 Å². The maximum atomic E-state index is 12.0. The molecular formula is C16H13NO3. The van der Waals surface area contributed by atoms with E-state index in [1.54, 1.807) is 6.08 Å². The van der Waals surface area contributed by atoms with Gasteiger partial charge < -0.3 is 0 Å². The second-order valence-electron chi connectivity index (χ2n) is 4.36. The molecule has 20 heavy (non-hydrogen) atoms. The second-order valence-corrected chi connectivity index (χ2v) is 4.36. The molecule has 0 aliphatic rings. The molecule has 0 amide bonds. The van der Waals surface area contributed by atoms with E-state index in [2.05, 4.69) is 0 Å². The van der Waals surface area contributed by atoms with E-state index < -0.39 is 4.92 Å². The van der Waals surface area contributed by atoms with Crippen molar-refractivity contribution in [3.63, 3.8) is 0 Å². The van der Waals surface area contributed by atoms with Gasteiger partial charge in [0.15, 0.2) is 5.78 Å². The number of nitro groups is 1. The van der Waals surface area contributed by atoms with E-state index in [4.69, 9.17) is 0 Å². The van der Waals surface area contributed by atoms with Crippen molar-refractivity contribution in [2.45, 2.75) is 6.92 Å². The van der Waals surface area contributed by atoms with Crippen LogP contribution in [0.2, 0.25) is 0 Å². The smallest absolute Gasteiger partial charge is 0.269 e. The molecule has 0 unspecified atom stereocenters. The van der Waals surface area contributed by atoms with Gasteiger partial charge in [0.05, 0.1) is 4.92 Å². The Morgan fingerprint density at radius 2 is 1.75 bits per heavy atom. The average Bonchev–Trinajstić information content (AvgIpc) is 2.46. The van der Waals surface area contributed by atoms with Crippen LogP contribution in [0.25, 0.3) is 6.08 Å². The number of non-ortho nitro benzene ring substituents is 1. The van der Waals surface area contributed by atoms with E-state index in [-0.39, 0.29) is 11.5 Å². The first-order valence-electron chi connectivity index (χ1n) is 6.10. The topological polar surface area (TPSA) is 60.2 Å². The first kappa shape index (κ1) is 13.7. The highest BCUT2D eigenvalue weighted by molar-refractivity contribution is 6.06. The van der Waals surface area contributed by atoms with Crippen LogP contribution in [0.15, 0.2) is 54.6 Å². The zero-order valence-electron chi connectivity index (χ0n) is 10.9. The SMILES string of the molecule is Cc1ccccc1/C=C/C(=O)c1ccc([N+](=O)[O-])cc1. The number of carbonyl (C=O) groups is 1. The fourth-order valence-corrected chi connectivity index (χ4v) is 1.78. The minimum atomic E-state index is -0.489. The van der Waals surface area contributed by atoms with Gasteiger partial charge in [-0.05, 0) is 36.3 Å². The predicted octanol–water partition coefficient (Wildman–Crippen LogP) is 3.80. The molecule has 2 rings (SSSR count). The summed E-state index contributed by atoms with van der Waals surface area (Å²) in [5.74, 6) is -0.178. The van der Waals surface area contributed by atoms with E-state index in [1.807, 2.05) is 31.2 Å². The van der Waals surface area contributed by atoms with Gasteiger partial charge in [0.2, 0.25) is 0 Å². The summed E-state index contributed by atoms with van der Waals surface area (Å²) in [6.45, 7) is 1.97. The van der Waals surface area contributed by atoms with Crippen molar-refractivity contribution in [3.8, 4) is 0 Å². The highest BCUT2D eigenvalue weighted by Crippen LogP contribution is 2.14. The van der Waals surface area contributed by atoms with Crippen LogP contribution in [0, 0.1) is 17.0 Å². The molecule has 0 atom stereocenters. The molecule has 100 valence electrons. The molecule has 0 fully saturated rings. The van der Waals surface area contributed by atoms with Crippen LogP contribution in [0.1, 0.15) is 21.5 Å². The molecular weight excluding hydrogens is 254 g/mol. The minimum absolute atomic E-state index is 0.0237. The van der Waals surface area contributed by atoms with Crippen LogP contribution < -0.4 is 0 Å². The molecule has 4 nitrogen and oxygen atoms in total. The molecule has 0 heterocycles. The molecule has 4 heteroatoms. The Bertz CT molecular complexity index is 672. The lowest BCUT2D eigenvalue weighted by atomic mass is 10.1. The van der Waals surface area contributed by atoms with Crippen LogP contribution >= 0.6 is 0 Å². The monoisotopic (exact) mass is 267 g/mol. The highest BCUT2D eigenvalue weighted by Gasteiger charge is 2.07. The van der Waals surface area contributed by atoms with Crippen molar-refractivity contribution in [1.29, 1.82) is 0 Å². The van der Waals surface area contributed by atoms with Gasteiger partial charge in [-0.2, -0.15) is 0 Å². The fraction of sp³-hybridized carbons (Fsp3) is 0.0625. The Morgan fingerprint density at radius 1 is 1.10 bits per heavy atom. The maximum absolute atomic E-state index is 12.0. The third-order valence-electron chi connectivity index (χ3n) is 2.97. The van der Waals surface area contributed by atoms with Crippen molar-refractivity contribution in [2.75, 3.05) is 0 Å². The number of carbonyl (C=O) groups excluding carboxylic acids is 1. The van der Waals surface area contributed by atoms with Crippen LogP contribution in [0.5, 0.6) is 0 Å². The summed E-state index contributed by atoms with van der Waals surface area (Å²) in [6.07, 6.45) is 3.22. The largest absolute Gasteiger partial charge is 0.289 e. The summed E-state index contributed by atoms with van der Waals surface area (Å²) in [5, 5.41) is 10.5. The van der Waals surface area contributed by atoms with Crippen molar-refractivity contribution in [3.05, 3.63) is 81.4 Å². The summed E-state index contributed by atoms with van der Waals surface area (Å²) in [6, 6.07) is 13.3. The lowest BCUT2D eigenvalue weighted by molar-refractivity contribution is -0.384. The first-order valence-corrected chi connectivity index (χ1v) is 6.10. The van der Waals surface area contributed by atoms with Crippen molar-refractivity contribution < 1.29 is 9.72 Å². The molecule has 0 aliphatic carbocycles. The van der Waals surface area contributed by atoms with E-state index in [9.17, 15) is 14.9 Å². The Morgan fingerprint density at radius 3 is 2.35 bits per heavy atom. The number of hydrogen-bond acceptors (Lipinski definition) is 3. The zero-order valence-corrected chi connectivity index (χ0v) is 10.9. The van der Waals surface area contributed by atoms with Gasteiger partial charge in [0.1, 0.15) is 0 Å². The van der Waals surface area contributed by atoms with E-state index in [1.165, 1.54) is 30.3 Å². The van der Waals surface area contributed by atoms with Crippen molar-refractivity contribution >= 4 is 17.5 Å². The number of nitrogens with zero attached hydrogens (tertiary/aromatic N) is 1. The van der Waals surface area contributed by atoms with E-state index >= 15 is 0 Å². The lowest BCUT2D eigenvalue weighted by Gasteiger charge is -1.99. The summed E-state index contributed by atoms with van der Waals surface area (Å²) < 4.78 is 0. The fourth-order valence-electron chi connectivity index (χ4n) is 1.78. The average molecular weight is 267 g/mol. The third kappa shape index (κ3) is 3.17. The minimum Gasteiger partial charge on any atom is -0.289 e. The number of nitro benzene ring substituents is 1. The number of benzene rings is 2. The van der Waals surface area contributed by atoms with Gasteiger partial charge in [-0.25, -0.2) is 0 Å². The molecule has 0 spiro atoms. The summed E-state index contributed by atoms with van der Waals surface area (Å²) in [5.41, 5.74) is 2.47. The molecule has 2 aromatic rings. The number of allylic oxidation sites excluding steroid dienone is 1. The summed E-state index contributed by atoms with van der Waals surface area (Å²) >= 11 is 0. The maximum Gasteiger partial charge on any atom is 0.269 e. The summed E-state index contributed by atoms with van der Waals surface area (Å²) in [7, 11) is 0. The number of hydrogen-bond donors (Lipinski definition) is 0. The number of aryl methyl sites for hydroxylation is 1. The molecule has 0 aliphatic heterocycles. The van der Waals surface area contributed by atoms with Crippen LogP contribution in [-0.2, 0) is 0 Å². The molecule has 0 saturated carbocycles. The van der Waals surface area contributed by atoms with Crippen LogP contribution in [0.3, 0.4) is 0 Å². The quantitative estimate of drug-likeness (QED) is 0.366. The molecule has 0 aromatic heterocycles. The first-order chi connectivity index (χ1) is 9.58. The molecule has 0 N–H and O–H groups in total. The third-order valence-corrected chi connectivity index (χ3v) is 2.97. The Labute approximate surface area is 116 Å². The standard InChI is InChI=1S/C16H13NO3/c1-12-4-2-3-5-13(12)8-11-16(18)14-6-9-15(10-7-14)17(19)20/h2-11H,1H3/b11-8+. The van der Waals surface area contributed by atoms with Gasteiger partial charge in [0.25, 0.3) is 5.69 Å². The predicted molar refractivity (Wildman–Crippen MR) is 77.6 cm³/mol. The van der Waals surface area contributed by atoms with Gasteiger partial charge in [0, 0.05) is 17.7 Å². The van der Waals surface area contributed by atoms with Crippen molar-refractivity contribution in [2.24, 2.45) is 0 Å². The van der Waals surface area contributed by atoms with Crippen molar-refractivity contribution in [1.82, 2.24) is 0 Å². The molecule has 0 saturated heterocycles. The van der Waals surface area contributed by atoms with E-state index in [0.29, 0.717) is 5.56 Å². The zero-order chi connectivity index (χ0) is 14.5. The molecule has 0 bridgehead atoms. The normalized spacial score (nSPS) is 10.7. The Kier molecular flexibility index (Phi) is 4.05. The number of ketones is 1. The van der Waals surface area contributed by atoms with E-state index in [0.717, 1.165) is 11.1 Å². The second kappa shape index (κ2) is 5.93. The van der Waals surface area contributed by atoms with Crippen LogP contribution in [0.4, 0.5) is 5.69 Å². The number of rotatable bonds is 4.